The predicted octanol–water partition coefficient (Wildman–Crippen LogP) is 5.39. The standard InChI is InChI=1S/C33H31F3N8O3/c1-17-7-20(21-11-38-28-8-18(2)41-43(28)14-21)9-22-23(19(3)45)15-42(30(17)22)16-29(46)44-24(5-6-32(4)10-26(32)44)31(47)40-27-13-37-12-25(39-27)33(34,35)36/h7-9,11-15,24,26H,5-6,10,16H2,1-4H3,(H,39,40,47)/t24-,26+,32-/m0/s1. The molecule has 4 aromatic heterocycles. The van der Waals surface area contributed by atoms with Crippen molar-refractivity contribution in [3.05, 3.63) is 71.7 Å². The first-order valence-electron chi connectivity index (χ1n) is 15.2. The summed E-state index contributed by atoms with van der Waals surface area (Å²) in [6.07, 6.45) is 3.95. The van der Waals surface area contributed by atoms with Crippen molar-refractivity contribution in [1.82, 2.24) is 34.0 Å². The second-order valence-corrected chi connectivity index (χ2v) is 12.9. The third-order valence-electron chi connectivity index (χ3n) is 9.35. The number of hydrogen-bond acceptors (Lipinski definition) is 7. The fourth-order valence-corrected chi connectivity index (χ4v) is 6.89. The molecule has 0 bridgehead atoms. The minimum Gasteiger partial charge on any atom is -0.337 e. The number of piperidine rings is 1. The van der Waals surface area contributed by atoms with Crippen LogP contribution in [0.4, 0.5) is 19.0 Å². The lowest BCUT2D eigenvalue weighted by molar-refractivity contribution is -0.142. The third-order valence-corrected chi connectivity index (χ3v) is 9.35. The van der Waals surface area contributed by atoms with Gasteiger partial charge in [0.25, 0.3) is 0 Å². The lowest BCUT2D eigenvalue weighted by atomic mass is 9.92. The Morgan fingerprint density at radius 2 is 1.85 bits per heavy atom. The fourth-order valence-electron chi connectivity index (χ4n) is 6.89. The van der Waals surface area contributed by atoms with Gasteiger partial charge < -0.3 is 14.8 Å². The molecule has 2 amide bonds. The number of Topliss-reactive ketones (excluding diaryl/α,β-unsaturated/α-hetero) is 1. The van der Waals surface area contributed by atoms with Crippen LogP contribution in [0, 0.1) is 19.3 Å². The van der Waals surface area contributed by atoms with E-state index in [1.54, 1.807) is 26.4 Å². The molecule has 0 unspecified atom stereocenters. The van der Waals surface area contributed by atoms with Gasteiger partial charge in [0, 0.05) is 47.2 Å². The van der Waals surface area contributed by atoms with Gasteiger partial charge in [0.15, 0.2) is 22.9 Å². The molecule has 1 saturated heterocycles. The van der Waals surface area contributed by atoms with Gasteiger partial charge in [-0.3, -0.25) is 19.4 Å². The Balaban J connectivity index is 1.20. The minimum atomic E-state index is -4.73. The Kier molecular flexibility index (Phi) is 6.95. The number of aromatic nitrogens is 6. The molecule has 1 aromatic carbocycles. The highest BCUT2D eigenvalue weighted by atomic mass is 19.4. The summed E-state index contributed by atoms with van der Waals surface area (Å²) in [6.45, 7) is 7.20. The first-order chi connectivity index (χ1) is 22.2. The summed E-state index contributed by atoms with van der Waals surface area (Å²) in [4.78, 5) is 53.5. The van der Waals surface area contributed by atoms with Crippen molar-refractivity contribution in [1.29, 1.82) is 0 Å². The summed E-state index contributed by atoms with van der Waals surface area (Å²) in [6, 6.07) is 4.66. The number of likely N-dealkylation sites (tertiary alicyclic amines) is 1. The van der Waals surface area contributed by atoms with Crippen LogP contribution >= 0.6 is 0 Å². The van der Waals surface area contributed by atoms with Crippen LogP contribution in [0.1, 0.15) is 60.4 Å². The highest BCUT2D eigenvalue weighted by molar-refractivity contribution is 6.09. The molecule has 1 aliphatic carbocycles. The lowest BCUT2D eigenvalue weighted by Gasteiger charge is -2.37. The van der Waals surface area contributed by atoms with E-state index in [1.165, 1.54) is 6.92 Å². The smallest absolute Gasteiger partial charge is 0.337 e. The van der Waals surface area contributed by atoms with Crippen LogP contribution < -0.4 is 5.32 Å². The second kappa shape index (κ2) is 10.7. The number of hydrogen-bond donors (Lipinski definition) is 1. The Bertz CT molecular complexity index is 2120. The summed E-state index contributed by atoms with van der Waals surface area (Å²) in [5, 5.41) is 7.59. The average molecular weight is 645 g/mol. The van der Waals surface area contributed by atoms with E-state index in [-0.39, 0.29) is 35.5 Å². The quantitative estimate of drug-likeness (QED) is 0.246. The van der Waals surface area contributed by atoms with E-state index in [9.17, 15) is 27.6 Å². The maximum Gasteiger partial charge on any atom is 0.434 e. The van der Waals surface area contributed by atoms with Crippen LogP contribution in [0.25, 0.3) is 27.7 Å². The zero-order valence-electron chi connectivity index (χ0n) is 26.1. The molecular weight excluding hydrogens is 613 g/mol. The van der Waals surface area contributed by atoms with E-state index in [0.29, 0.717) is 41.9 Å². The Morgan fingerprint density at radius 1 is 1.06 bits per heavy atom. The van der Waals surface area contributed by atoms with Crippen LogP contribution in [-0.2, 0) is 22.3 Å². The molecule has 7 rings (SSSR count). The number of carbonyl (C=O) groups is 3. The number of aryl methyl sites for hydroxylation is 2. The number of benzene rings is 1. The number of alkyl halides is 3. The number of rotatable bonds is 6. The number of nitrogens with one attached hydrogen (secondary N) is 1. The molecule has 47 heavy (non-hydrogen) atoms. The lowest BCUT2D eigenvalue weighted by Crippen LogP contribution is -2.53. The highest BCUT2D eigenvalue weighted by Gasteiger charge is 2.60. The topological polar surface area (TPSA) is 127 Å². The van der Waals surface area contributed by atoms with E-state index in [0.717, 1.165) is 34.2 Å². The Morgan fingerprint density at radius 3 is 2.60 bits per heavy atom. The maximum absolute atomic E-state index is 14.1. The van der Waals surface area contributed by atoms with Crippen molar-refractivity contribution in [2.75, 3.05) is 5.32 Å². The number of fused-ring (bicyclic) bond motifs is 3. The molecule has 1 N–H and O–H groups in total. The predicted molar refractivity (Wildman–Crippen MR) is 165 cm³/mol. The van der Waals surface area contributed by atoms with Gasteiger partial charge in [-0.1, -0.05) is 6.92 Å². The summed E-state index contributed by atoms with van der Waals surface area (Å²) >= 11 is 0. The molecule has 1 aliphatic heterocycles. The molecule has 5 heterocycles. The van der Waals surface area contributed by atoms with Crippen LogP contribution in [-0.4, -0.2) is 63.7 Å². The maximum atomic E-state index is 14.1. The van der Waals surface area contributed by atoms with Gasteiger partial charge in [-0.25, -0.2) is 14.5 Å². The summed E-state index contributed by atoms with van der Waals surface area (Å²) in [5.41, 5.74) is 3.84. The van der Waals surface area contributed by atoms with Crippen LogP contribution in [0.3, 0.4) is 0 Å². The molecule has 0 radical (unpaired) electrons. The summed E-state index contributed by atoms with van der Waals surface area (Å²) in [5.74, 6) is -1.46. The van der Waals surface area contributed by atoms with Crippen molar-refractivity contribution in [2.24, 2.45) is 5.41 Å². The van der Waals surface area contributed by atoms with Crippen molar-refractivity contribution in [3.63, 3.8) is 0 Å². The molecule has 0 spiro atoms. The van der Waals surface area contributed by atoms with Crippen molar-refractivity contribution >= 4 is 40.0 Å². The zero-order chi connectivity index (χ0) is 33.4. The SMILES string of the molecule is CC(=O)c1cn(CC(=O)N2[C@H](C(=O)Nc3cncc(C(F)(F)F)n3)CC[C@@]3(C)C[C@@H]23)c2c(C)cc(-c3cnc4cc(C)nn4c3)cc12. The van der Waals surface area contributed by atoms with Crippen molar-refractivity contribution in [2.45, 2.75) is 71.8 Å². The molecule has 5 aromatic rings. The molecule has 242 valence electrons. The Hall–Kier alpha value is -5.14. The van der Waals surface area contributed by atoms with Gasteiger partial charge >= 0.3 is 6.18 Å². The van der Waals surface area contributed by atoms with E-state index in [2.05, 4.69) is 32.3 Å². The van der Waals surface area contributed by atoms with Gasteiger partial charge in [-0.2, -0.15) is 18.3 Å². The van der Waals surface area contributed by atoms with Gasteiger partial charge in [-0.15, -0.1) is 0 Å². The second-order valence-electron chi connectivity index (χ2n) is 12.9. The Labute approximate surface area is 266 Å². The van der Waals surface area contributed by atoms with E-state index in [4.69, 9.17) is 0 Å². The molecule has 2 fully saturated rings. The van der Waals surface area contributed by atoms with Crippen LogP contribution in [0.15, 0.2) is 49.2 Å². The number of anilines is 1. The highest BCUT2D eigenvalue weighted by Crippen LogP contribution is 2.57. The molecule has 2 aliphatic rings. The number of ketones is 1. The molecule has 1 saturated carbocycles. The van der Waals surface area contributed by atoms with E-state index in [1.807, 2.05) is 38.2 Å². The largest absolute Gasteiger partial charge is 0.434 e. The molecular formula is C33H31F3N8O3. The number of nitrogens with zero attached hydrogens (tertiary/aromatic N) is 7. The third kappa shape index (κ3) is 5.40. The van der Waals surface area contributed by atoms with Crippen molar-refractivity contribution in [3.8, 4) is 11.1 Å². The minimum absolute atomic E-state index is 0.135. The van der Waals surface area contributed by atoms with Gasteiger partial charge in [0.2, 0.25) is 11.8 Å². The average Bonchev–Trinajstić information content (AvgIpc) is 3.34. The van der Waals surface area contributed by atoms with E-state index >= 15 is 0 Å². The van der Waals surface area contributed by atoms with Gasteiger partial charge in [0.05, 0.1) is 23.6 Å². The zero-order valence-corrected chi connectivity index (χ0v) is 26.1. The molecule has 11 nitrogen and oxygen atoms in total. The normalized spacial score (nSPS) is 20.8. The first kappa shape index (κ1) is 30.5. The fraction of sp³-hybridized carbons (Fsp3) is 0.364. The molecule has 14 heteroatoms. The van der Waals surface area contributed by atoms with Crippen molar-refractivity contribution < 1.29 is 27.6 Å². The van der Waals surface area contributed by atoms with Crippen LogP contribution in [0.2, 0.25) is 0 Å². The number of carbonyl (C=O) groups excluding carboxylic acids is 3. The monoisotopic (exact) mass is 644 g/mol. The number of amides is 2. The number of halogens is 3. The first-order valence-corrected chi connectivity index (χ1v) is 15.2. The summed E-state index contributed by atoms with van der Waals surface area (Å²) in [7, 11) is 0. The van der Waals surface area contributed by atoms with Gasteiger partial charge in [0.1, 0.15) is 12.6 Å². The van der Waals surface area contributed by atoms with Gasteiger partial charge in [-0.05, 0) is 68.7 Å². The van der Waals surface area contributed by atoms with E-state index < -0.39 is 23.8 Å². The molecule has 3 atom stereocenters. The van der Waals surface area contributed by atoms with Crippen LogP contribution in [0.5, 0.6) is 0 Å². The summed E-state index contributed by atoms with van der Waals surface area (Å²) < 4.78 is 43.0.